The Hall–Kier alpha value is -2.30. The number of aliphatic imine (C=N–C) groups is 1. The molecule has 0 spiro atoms. The van der Waals surface area contributed by atoms with E-state index in [-0.39, 0.29) is 11.6 Å². The molecule has 0 fully saturated rings. The third-order valence-corrected chi connectivity index (χ3v) is 4.02. The van der Waals surface area contributed by atoms with Crippen molar-refractivity contribution in [1.82, 2.24) is 0 Å². The van der Waals surface area contributed by atoms with E-state index in [2.05, 4.69) is 4.99 Å². The van der Waals surface area contributed by atoms with Crippen molar-refractivity contribution in [1.29, 1.82) is 0 Å². The summed E-state index contributed by atoms with van der Waals surface area (Å²) in [5.41, 5.74) is 1.64. The number of ether oxygens (including phenoxy) is 2. The number of carbonyl (C=O) groups excluding carboxylic acids is 1. The number of esters is 1. The second kappa shape index (κ2) is 7.07. The van der Waals surface area contributed by atoms with Crippen LogP contribution >= 0.6 is 23.2 Å². The van der Waals surface area contributed by atoms with Gasteiger partial charge in [0.25, 0.3) is 0 Å². The molecular weight excluding hydrogens is 349 g/mol. The van der Waals surface area contributed by atoms with E-state index in [1.54, 1.807) is 24.3 Å². The fourth-order valence-electron chi connectivity index (χ4n) is 2.15. The first-order valence-electron chi connectivity index (χ1n) is 7.27. The highest BCUT2D eigenvalue weighted by Crippen LogP contribution is 2.26. The van der Waals surface area contributed by atoms with Crippen LogP contribution < -0.4 is 4.74 Å². The first-order valence-corrected chi connectivity index (χ1v) is 8.03. The molecule has 0 atom stereocenters. The van der Waals surface area contributed by atoms with Crippen molar-refractivity contribution in [3.63, 3.8) is 0 Å². The first kappa shape index (κ1) is 16.6. The van der Waals surface area contributed by atoms with E-state index < -0.39 is 5.97 Å². The van der Waals surface area contributed by atoms with Crippen LogP contribution in [0.5, 0.6) is 5.75 Å². The van der Waals surface area contributed by atoms with Crippen LogP contribution in [0.2, 0.25) is 10.0 Å². The predicted molar refractivity (Wildman–Crippen MR) is 94.7 cm³/mol. The molecule has 0 radical (unpaired) electrons. The van der Waals surface area contributed by atoms with Crippen molar-refractivity contribution in [2.45, 2.75) is 6.92 Å². The van der Waals surface area contributed by atoms with Crippen molar-refractivity contribution >= 4 is 41.1 Å². The Kier molecular flexibility index (Phi) is 4.88. The van der Waals surface area contributed by atoms with Gasteiger partial charge < -0.3 is 9.47 Å². The van der Waals surface area contributed by atoms with Gasteiger partial charge in [-0.05, 0) is 48.9 Å². The fraction of sp³-hybridized carbons (Fsp3) is 0.111. The molecule has 0 saturated carbocycles. The van der Waals surface area contributed by atoms with E-state index >= 15 is 0 Å². The summed E-state index contributed by atoms with van der Waals surface area (Å²) in [5, 5.41) is 0.798. The van der Waals surface area contributed by atoms with Crippen LogP contribution in [0.25, 0.3) is 6.08 Å². The number of cyclic esters (lactones) is 1. The highest BCUT2D eigenvalue weighted by molar-refractivity contribution is 6.42. The average Bonchev–Trinajstić information content (AvgIpc) is 2.93. The lowest BCUT2D eigenvalue weighted by Crippen LogP contribution is -2.05. The fourth-order valence-corrected chi connectivity index (χ4v) is 2.44. The van der Waals surface area contributed by atoms with Gasteiger partial charge in [0.2, 0.25) is 5.90 Å². The second-order valence-electron chi connectivity index (χ2n) is 4.97. The number of nitrogens with zero attached hydrogens (tertiary/aromatic N) is 1. The molecule has 6 heteroatoms. The van der Waals surface area contributed by atoms with Crippen molar-refractivity contribution in [3.05, 3.63) is 69.3 Å². The highest BCUT2D eigenvalue weighted by atomic mass is 35.5. The van der Waals surface area contributed by atoms with Crippen LogP contribution in [0.15, 0.2) is 53.2 Å². The maximum Gasteiger partial charge on any atom is 0.363 e. The number of halogens is 2. The zero-order valence-electron chi connectivity index (χ0n) is 12.8. The van der Waals surface area contributed by atoms with E-state index in [1.165, 1.54) is 0 Å². The van der Waals surface area contributed by atoms with Crippen LogP contribution in [-0.2, 0) is 9.53 Å². The second-order valence-corrected chi connectivity index (χ2v) is 5.78. The van der Waals surface area contributed by atoms with E-state index in [0.29, 0.717) is 22.2 Å². The minimum Gasteiger partial charge on any atom is -0.494 e. The molecule has 0 bridgehead atoms. The molecule has 2 aromatic carbocycles. The first-order chi connectivity index (χ1) is 11.6. The van der Waals surface area contributed by atoms with E-state index in [1.807, 2.05) is 31.2 Å². The molecule has 0 saturated heterocycles. The van der Waals surface area contributed by atoms with Crippen LogP contribution in [0.3, 0.4) is 0 Å². The van der Waals surface area contributed by atoms with Crippen molar-refractivity contribution in [2.24, 2.45) is 4.99 Å². The normalized spacial score (nSPS) is 15.4. The summed E-state index contributed by atoms with van der Waals surface area (Å²) >= 11 is 11.9. The predicted octanol–water partition coefficient (Wildman–Crippen LogP) is 4.74. The van der Waals surface area contributed by atoms with Gasteiger partial charge in [0.1, 0.15) is 5.75 Å². The van der Waals surface area contributed by atoms with Gasteiger partial charge in [-0.15, -0.1) is 0 Å². The Balaban J connectivity index is 1.86. The third-order valence-electron chi connectivity index (χ3n) is 3.28. The molecule has 0 unspecified atom stereocenters. The Bertz CT molecular complexity index is 842. The van der Waals surface area contributed by atoms with Crippen molar-refractivity contribution in [2.75, 3.05) is 6.61 Å². The maximum atomic E-state index is 12.0. The van der Waals surface area contributed by atoms with Gasteiger partial charge in [0.05, 0.1) is 16.7 Å². The van der Waals surface area contributed by atoms with Crippen molar-refractivity contribution < 1.29 is 14.3 Å². The van der Waals surface area contributed by atoms with Gasteiger partial charge >= 0.3 is 5.97 Å². The molecule has 0 aromatic heterocycles. The Labute approximate surface area is 149 Å². The van der Waals surface area contributed by atoms with Gasteiger partial charge in [0, 0.05) is 5.56 Å². The van der Waals surface area contributed by atoms with E-state index in [0.717, 1.165) is 11.3 Å². The number of carbonyl (C=O) groups is 1. The Morgan fingerprint density at radius 1 is 1.12 bits per heavy atom. The molecule has 122 valence electrons. The van der Waals surface area contributed by atoms with Gasteiger partial charge in [0.15, 0.2) is 5.70 Å². The molecule has 2 aromatic rings. The van der Waals surface area contributed by atoms with Crippen LogP contribution in [-0.4, -0.2) is 18.5 Å². The van der Waals surface area contributed by atoms with Gasteiger partial charge in [-0.2, -0.15) is 0 Å². The van der Waals surface area contributed by atoms with E-state index in [4.69, 9.17) is 32.7 Å². The summed E-state index contributed by atoms with van der Waals surface area (Å²) in [4.78, 5) is 16.2. The van der Waals surface area contributed by atoms with E-state index in [9.17, 15) is 4.79 Å². The van der Waals surface area contributed by atoms with Gasteiger partial charge in [-0.1, -0.05) is 35.3 Å². The molecule has 3 rings (SSSR count). The molecular formula is C18H13Cl2NO3. The summed E-state index contributed by atoms with van der Waals surface area (Å²) in [6, 6.07) is 12.3. The zero-order valence-corrected chi connectivity index (χ0v) is 14.3. The maximum absolute atomic E-state index is 12.0. The highest BCUT2D eigenvalue weighted by Gasteiger charge is 2.24. The molecule has 1 aliphatic rings. The molecule has 24 heavy (non-hydrogen) atoms. The number of benzene rings is 2. The smallest absolute Gasteiger partial charge is 0.363 e. The summed E-state index contributed by atoms with van der Waals surface area (Å²) in [6.07, 6.45) is 1.66. The largest absolute Gasteiger partial charge is 0.494 e. The summed E-state index contributed by atoms with van der Waals surface area (Å²) in [5.74, 6) is 0.467. The lowest BCUT2D eigenvalue weighted by Gasteiger charge is -2.02. The lowest BCUT2D eigenvalue weighted by molar-refractivity contribution is -0.129. The SMILES string of the molecule is CCOc1ccc(/C=C2\N=C(c3ccc(Cl)c(Cl)c3)OC2=O)cc1. The van der Waals surface area contributed by atoms with Crippen molar-refractivity contribution in [3.8, 4) is 5.75 Å². The molecule has 0 N–H and O–H groups in total. The third kappa shape index (κ3) is 3.61. The average molecular weight is 362 g/mol. The summed E-state index contributed by atoms with van der Waals surface area (Å²) in [7, 11) is 0. The molecule has 0 amide bonds. The lowest BCUT2D eigenvalue weighted by atomic mass is 10.2. The summed E-state index contributed by atoms with van der Waals surface area (Å²) < 4.78 is 10.6. The Morgan fingerprint density at radius 2 is 1.88 bits per heavy atom. The molecule has 1 heterocycles. The monoisotopic (exact) mass is 361 g/mol. The van der Waals surface area contributed by atoms with Crippen LogP contribution in [0.4, 0.5) is 0 Å². The molecule has 4 nitrogen and oxygen atoms in total. The zero-order chi connectivity index (χ0) is 17.1. The molecule has 1 aliphatic heterocycles. The minimum absolute atomic E-state index is 0.204. The standard InChI is InChI=1S/C18H13Cl2NO3/c1-2-23-13-6-3-11(4-7-13)9-16-18(22)24-17(21-16)12-5-8-14(19)15(20)10-12/h3-10H,2H2,1H3/b16-9-. The topological polar surface area (TPSA) is 47.9 Å². The van der Waals surface area contributed by atoms with Gasteiger partial charge in [-0.25, -0.2) is 9.79 Å². The Morgan fingerprint density at radius 3 is 2.54 bits per heavy atom. The van der Waals surface area contributed by atoms with Gasteiger partial charge in [-0.3, -0.25) is 0 Å². The summed E-state index contributed by atoms with van der Waals surface area (Å²) in [6.45, 7) is 2.52. The van der Waals surface area contributed by atoms with Crippen LogP contribution in [0, 0.1) is 0 Å². The number of hydrogen-bond donors (Lipinski definition) is 0. The number of hydrogen-bond acceptors (Lipinski definition) is 4. The number of rotatable bonds is 4. The minimum atomic E-state index is -0.509. The van der Waals surface area contributed by atoms with Crippen LogP contribution in [0.1, 0.15) is 18.1 Å². The quantitative estimate of drug-likeness (QED) is 0.583. The molecule has 0 aliphatic carbocycles.